The van der Waals surface area contributed by atoms with Crippen molar-refractivity contribution in [2.45, 2.75) is 26.7 Å². The van der Waals surface area contributed by atoms with Crippen LogP contribution in [0.5, 0.6) is 0 Å². The van der Waals surface area contributed by atoms with Gasteiger partial charge < -0.3 is 10.6 Å². The van der Waals surface area contributed by atoms with Crippen LogP contribution in [0.25, 0.3) is 0 Å². The molecule has 0 fully saturated rings. The molecule has 4 nitrogen and oxygen atoms in total. The summed E-state index contributed by atoms with van der Waals surface area (Å²) in [6.45, 7) is 4.54. The topological polar surface area (TPSA) is 58.2 Å². The Hall–Kier alpha value is -1.84. The Morgan fingerprint density at radius 1 is 1.06 bits per heavy atom. The zero-order valence-electron chi connectivity index (χ0n) is 11.0. The van der Waals surface area contributed by atoms with Crippen molar-refractivity contribution >= 4 is 11.8 Å². The minimum atomic E-state index is -0.219. The van der Waals surface area contributed by atoms with Crippen molar-refractivity contribution < 1.29 is 9.59 Å². The van der Waals surface area contributed by atoms with Crippen LogP contribution in [-0.4, -0.2) is 24.9 Å². The summed E-state index contributed by atoms with van der Waals surface area (Å²) in [6, 6.07) is 8.02. The van der Waals surface area contributed by atoms with Gasteiger partial charge in [-0.25, -0.2) is 4.79 Å². The summed E-state index contributed by atoms with van der Waals surface area (Å²) in [4.78, 5) is 22.0. The quantitative estimate of drug-likeness (QED) is 0.806. The van der Waals surface area contributed by atoms with Crippen LogP contribution in [-0.2, 0) is 11.2 Å². The second-order valence-corrected chi connectivity index (χ2v) is 4.37. The van der Waals surface area contributed by atoms with E-state index in [1.54, 1.807) is 0 Å². The fourth-order valence-corrected chi connectivity index (χ4v) is 1.49. The molecule has 0 aliphatic heterocycles. The van der Waals surface area contributed by atoms with Crippen molar-refractivity contribution in [3.05, 3.63) is 35.4 Å². The molecule has 0 atom stereocenters. The first-order valence-corrected chi connectivity index (χ1v) is 6.14. The van der Waals surface area contributed by atoms with Gasteiger partial charge >= 0.3 is 6.03 Å². The highest BCUT2D eigenvalue weighted by Gasteiger charge is 2.00. The number of carbonyl (C=O) groups excluding carboxylic acids is 2. The van der Waals surface area contributed by atoms with Gasteiger partial charge in [0.2, 0.25) is 0 Å². The van der Waals surface area contributed by atoms with Crippen LogP contribution < -0.4 is 10.6 Å². The fraction of sp³-hybridized carbons (Fsp3) is 0.429. The van der Waals surface area contributed by atoms with E-state index in [2.05, 4.69) is 34.9 Å². The van der Waals surface area contributed by atoms with Crippen molar-refractivity contribution in [2.24, 2.45) is 0 Å². The van der Waals surface area contributed by atoms with E-state index in [4.69, 9.17) is 0 Å². The smallest absolute Gasteiger partial charge is 0.314 e. The molecule has 98 valence electrons. The second-order valence-electron chi connectivity index (χ2n) is 4.37. The largest absolute Gasteiger partial charge is 0.338 e. The van der Waals surface area contributed by atoms with Gasteiger partial charge in [0.05, 0.1) is 0 Å². The number of hydrogen-bond donors (Lipinski definition) is 2. The number of benzene rings is 1. The lowest BCUT2D eigenvalue weighted by Crippen LogP contribution is -2.37. The van der Waals surface area contributed by atoms with Crippen LogP contribution in [0, 0.1) is 6.92 Å². The number of hydrogen-bond acceptors (Lipinski definition) is 2. The summed E-state index contributed by atoms with van der Waals surface area (Å²) in [5.41, 5.74) is 2.43. The van der Waals surface area contributed by atoms with Crippen LogP contribution in [0.4, 0.5) is 4.79 Å². The molecular weight excluding hydrogens is 228 g/mol. The highest BCUT2D eigenvalue weighted by atomic mass is 16.2. The molecule has 0 unspecified atom stereocenters. The molecule has 0 radical (unpaired) electrons. The Morgan fingerprint density at radius 2 is 1.67 bits per heavy atom. The predicted molar refractivity (Wildman–Crippen MR) is 71.6 cm³/mol. The van der Waals surface area contributed by atoms with Crippen molar-refractivity contribution in [2.75, 3.05) is 13.1 Å². The summed E-state index contributed by atoms with van der Waals surface area (Å²) in [5.74, 6) is 0.0787. The van der Waals surface area contributed by atoms with Gasteiger partial charge in [0, 0.05) is 19.5 Å². The first-order valence-electron chi connectivity index (χ1n) is 6.14. The van der Waals surface area contributed by atoms with Gasteiger partial charge in [0.25, 0.3) is 0 Å². The number of ketones is 1. The van der Waals surface area contributed by atoms with Crippen LogP contribution in [0.1, 0.15) is 24.5 Å². The van der Waals surface area contributed by atoms with Gasteiger partial charge in [-0.3, -0.25) is 4.79 Å². The van der Waals surface area contributed by atoms with Crippen LogP contribution in [0.15, 0.2) is 24.3 Å². The number of urea groups is 1. The molecule has 0 bridgehead atoms. The predicted octanol–water partition coefficient (Wildman–Crippen LogP) is 1.82. The van der Waals surface area contributed by atoms with Crippen molar-refractivity contribution in [1.82, 2.24) is 10.6 Å². The van der Waals surface area contributed by atoms with Crippen LogP contribution >= 0.6 is 0 Å². The van der Waals surface area contributed by atoms with Crippen molar-refractivity contribution in [1.29, 1.82) is 0 Å². The Bertz CT molecular complexity index is 399. The van der Waals surface area contributed by atoms with Gasteiger partial charge in [-0.2, -0.15) is 0 Å². The SMILES string of the molecule is CC(=O)CCNC(=O)NCCc1ccc(C)cc1. The molecule has 0 aliphatic carbocycles. The number of carbonyl (C=O) groups is 2. The number of rotatable bonds is 6. The molecular formula is C14H20N2O2. The van der Waals surface area contributed by atoms with Crippen molar-refractivity contribution in [3.63, 3.8) is 0 Å². The summed E-state index contributed by atoms with van der Waals surface area (Å²) < 4.78 is 0. The molecule has 1 aromatic rings. The molecule has 2 amide bonds. The average molecular weight is 248 g/mol. The van der Waals surface area contributed by atoms with Gasteiger partial charge in [0.15, 0.2) is 0 Å². The van der Waals surface area contributed by atoms with E-state index in [0.717, 1.165) is 6.42 Å². The molecule has 1 aromatic carbocycles. The van der Waals surface area contributed by atoms with E-state index in [-0.39, 0.29) is 11.8 Å². The van der Waals surface area contributed by atoms with Crippen molar-refractivity contribution in [3.8, 4) is 0 Å². The molecule has 2 N–H and O–H groups in total. The van der Waals surface area contributed by atoms with E-state index in [0.29, 0.717) is 19.5 Å². The maximum absolute atomic E-state index is 11.3. The van der Waals surface area contributed by atoms with E-state index < -0.39 is 0 Å². The number of aryl methyl sites for hydroxylation is 1. The lowest BCUT2D eigenvalue weighted by Gasteiger charge is -2.07. The number of amides is 2. The van der Waals surface area contributed by atoms with E-state index in [9.17, 15) is 9.59 Å². The van der Waals surface area contributed by atoms with Crippen LogP contribution in [0.3, 0.4) is 0 Å². The van der Waals surface area contributed by atoms with Gasteiger partial charge in [-0.05, 0) is 25.8 Å². The van der Waals surface area contributed by atoms with Gasteiger partial charge in [0.1, 0.15) is 5.78 Å². The average Bonchev–Trinajstić information content (AvgIpc) is 2.31. The third kappa shape index (κ3) is 6.03. The summed E-state index contributed by atoms with van der Waals surface area (Å²) in [6.07, 6.45) is 1.19. The molecule has 1 rings (SSSR count). The maximum Gasteiger partial charge on any atom is 0.314 e. The molecule has 0 saturated heterocycles. The van der Waals surface area contributed by atoms with Gasteiger partial charge in [-0.15, -0.1) is 0 Å². The minimum absolute atomic E-state index is 0.0787. The Morgan fingerprint density at radius 3 is 2.28 bits per heavy atom. The standard InChI is InChI=1S/C14H20N2O2/c1-11-3-5-13(6-4-11)8-10-16-14(18)15-9-7-12(2)17/h3-6H,7-10H2,1-2H3,(H2,15,16,18). The number of nitrogens with one attached hydrogen (secondary N) is 2. The van der Waals surface area contributed by atoms with E-state index in [1.807, 2.05) is 6.92 Å². The molecule has 18 heavy (non-hydrogen) atoms. The highest BCUT2D eigenvalue weighted by Crippen LogP contribution is 2.02. The summed E-state index contributed by atoms with van der Waals surface area (Å²) in [7, 11) is 0. The Kier molecular flexibility index (Phi) is 5.91. The maximum atomic E-state index is 11.3. The number of Topliss-reactive ketones (excluding diaryl/α,β-unsaturated/α-hetero) is 1. The first-order chi connectivity index (χ1) is 8.58. The lowest BCUT2D eigenvalue weighted by molar-refractivity contribution is -0.116. The monoisotopic (exact) mass is 248 g/mol. The molecule has 0 spiro atoms. The lowest BCUT2D eigenvalue weighted by atomic mass is 10.1. The zero-order chi connectivity index (χ0) is 13.4. The van der Waals surface area contributed by atoms with Crippen LogP contribution in [0.2, 0.25) is 0 Å². The first kappa shape index (κ1) is 14.2. The Labute approximate surface area is 108 Å². The Balaban J connectivity index is 2.15. The third-order valence-corrected chi connectivity index (χ3v) is 2.58. The van der Waals surface area contributed by atoms with Gasteiger partial charge in [-0.1, -0.05) is 29.8 Å². The highest BCUT2D eigenvalue weighted by molar-refractivity contribution is 5.77. The molecule has 0 saturated carbocycles. The zero-order valence-corrected chi connectivity index (χ0v) is 11.0. The molecule has 0 heterocycles. The van der Waals surface area contributed by atoms with E-state index >= 15 is 0 Å². The fourth-order valence-electron chi connectivity index (χ4n) is 1.49. The van der Waals surface area contributed by atoms with E-state index in [1.165, 1.54) is 18.1 Å². The molecule has 4 heteroatoms. The second kappa shape index (κ2) is 7.48. The molecule has 0 aliphatic rings. The minimum Gasteiger partial charge on any atom is -0.338 e. The molecule has 0 aromatic heterocycles. The normalized spacial score (nSPS) is 9.89. The third-order valence-electron chi connectivity index (χ3n) is 2.58. The summed E-state index contributed by atoms with van der Waals surface area (Å²) in [5, 5.41) is 5.40. The summed E-state index contributed by atoms with van der Waals surface area (Å²) >= 11 is 0.